The van der Waals surface area contributed by atoms with Gasteiger partial charge >= 0.3 is 0 Å². The number of aryl methyl sites for hydroxylation is 2. The number of nitrogens with one attached hydrogen (secondary N) is 1. The van der Waals surface area contributed by atoms with Crippen LogP contribution < -0.4 is 10.2 Å². The van der Waals surface area contributed by atoms with Crippen molar-refractivity contribution in [2.75, 3.05) is 4.90 Å². The molecule has 0 spiro atoms. The van der Waals surface area contributed by atoms with Gasteiger partial charge in [-0.25, -0.2) is 0 Å². The monoisotopic (exact) mass is 452 g/mol. The zero-order chi connectivity index (χ0) is 21.8. The largest absolute Gasteiger partial charge is 0.351 e. The van der Waals surface area contributed by atoms with Gasteiger partial charge in [0.25, 0.3) is 0 Å². The molecule has 3 aromatic rings. The Hall–Kier alpha value is -2.44. The van der Waals surface area contributed by atoms with Crippen LogP contribution in [0.2, 0.25) is 0 Å². The molecule has 2 heterocycles. The zero-order valence-electron chi connectivity index (χ0n) is 18.0. The molecule has 0 aliphatic heterocycles. The molecular formula is C25H28N2O2S2. The van der Waals surface area contributed by atoms with Gasteiger partial charge in [0.15, 0.2) is 0 Å². The lowest BCUT2D eigenvalue weighted by Gasteiger charge is -2.32. The fourth-order valence-electron chi connectivity index (χ4n) is 4.21. The first kappa shape index (κ1) is 21.8. The van der Waals surface area contributed by atoms with Crippen molar-refractivity contribution < 1.29 is 9.59 Å². The lowest BCUT2D eigenvalue weighted by atomic mass is 10.0. The van der Waals surface area contributed by atoms with E-state index < -0.39 is 6.04 Å². The average molecular weight is 453 g/mol. The Morgan fingerprint density at radius 2 is 1.81 bits per heavy atom. The molecule has 1 atom stereocenters. The minimum atomic E-state index is -0.673. The van der Waals surface area contributed by atoms with E-state index in [1.165, 1.54) is 11.3 Å². The number of hydrogen-bond acceptors (Lipinski definition) is 4. The summed E-state index contributed by atoms with van der Waals surface area (Å²) in [5.41, 5.74) is 2.86. The third kappa shape index (κ3) is 5.08. The van der Waals surface area contributed by atoms with Crippen LogP contribution in [-0.4, -0.2) is 17.9 Å². The number of carbonyl (C=O) groups is 2. The second-order valence-corrected chi connectivity index (χ2v) is 10.2. The number of anilines is 1. The predicted molar refractivity (Wildman–Crippen MR) is 129 cm³/mol. The van der Waals surface area contributed by atoms with E-state index >= 15 is 0 Å². The van der Waals surface area contributed by atoms with E-state index in [1.54, 1.807) is 16.2 Å². The van der Waals surface area contributed by atoms with Crippen LogP contribution in [0.1, 0.15) is 52.6 Å². The summed E-state index contributed by atoms with van der Waals surface area (Å²) in [4.78, 5) is 31.0. The van der Waals surface area contributed by atoms with Crippen molar-refractivity contribution in [3.63, 3.8) is 0 Å². The standard InChI is InChI=1S/C25H28N2O2S2/c1-17-11-12-18(2)21(15-17)27(23(28)16-20-9-5-13-30-20)24(22-10-6-14-31-22)25(29)26-19-7-3-4-8-19/h5-6,9-15,19,24H,3-4,7-8,16H2,1-2H3,(H,26,29). The summed E-state index contributed by atoms with van der Waals surface area (Å²) in [5.74, 6) is -0.147. The van der Waals surface area contributed by atoms with Crippen LogP contribution >= 0.6 is 22.7 Å². The van der Waals surface area contributed by atoms with E-state index in [-0.39, 0.29) is 24.3 Å². The molecule has 1 N–H and O–H groups in total. The van der Waals surface area contributed by atoms with Crippen molar-refractivity contribution in [3.05, 3.63) is 74.1 Å². The highest BCUT2D eigenvalue weighted by molar-refractivity contribution is 7.10. The Bertz CT molecular complexity index is 1020. The molecule has 0 radical (unpaired) electrons. The molecule has 1 unspecified atom stereocenters. The van der Waals surface area contributed by atoms with Crippen LogP contribution in [-0.2, 0) is 16.0 Å². The first-order valence-corrected chi connectivity index (χ1v) is 12.5. The first-order valence-electron chi connectivity index (χ1n) is 10.8. The van der Waals surface area contributed by atoms with E-state index in [4.69, 9.17) is 0 Å². The Morgan fingerprint density at radius 3 is 2.48 bits per heavy atom. The van der Waals surface area contributed by atoms with E-state index in [1.807, 2.05) is 67.1 Å². The Kier molecular flexibility index (Phi) is 6.88. The third-order valence-electron chi connectivity index (χ3n) is 5.82. The summed E-state index contributed by atoms with van der Waals surface area (Å²) in [7, 11) is 0. The Labute approximate surface area is 191 Å². The van der Waals surface area contributed by atoms with Gasteiger partial charge in [0.05, 0.1) is 6.42 Å². The van der Waals surface area contributed by atoms with E-state index in [2.05, 4.69) is 5.32 Å². The molecule has 31 heavy (non-hydrogen) atoms. The smallest absolute Gasteiger partial charge is 0.248 e. The lowest BCUT2D eigenvalue weighted by Crippen LogP contribution is -2.46. The highest BCUT2D eigenvalue weighted by Crippen LogP contribution is 2.34. The van der Waals surface area contributed by atoms with Crippen molar-refractivity contribution in [3.8, 4) is 0 Å². The second-order valence-electron chi connectivity index (χ2n) is 8.22. The minimum absolute atomic E-state index is 0.0591. The molecule has 2 aromatic heterocycles. The fourth-order valence-corrected chi connectivity index (χ4v) is 5.72. The fraction of sp³-hybridized carbons (Fsp3) is 0.360. The Morgan fingerprint density at radius 1 is 1.06 bits per heavy atom. The van der Waals surface area contributed by atoms with Crippen LogP contribution in [0, 0.1) is 13.8 Å². The molecule has 0 saturated heterocycles. The van der Waals surface area contributed by atoms with Gasteiger partial charge in [-0.05, 0) is 66.8 Å². The maximum atomic E-state index is 13.7. The Balaban J connectivity index is 1.76. The SMILES string of the molecule is Cc1ccc(C)c(N(C(=O)Cc2cccs2)C(C(=O)NC2CCCC2)c2cccs2)c1. The van der Waals surface area contributed by atoms with Gasteiger partial charge in [0.2, 0.25) is 11.8 Å². The number of hydrogen-bond donors (Lipinski definition) is 1. The van der Waals surface area contributed by atoms with Gasteiger partial charge < -0.3 is 5.32 Å². The van der Waals surface area contributed by atoms with Crippen LogP contribution in [0.25, 0.3) is 0 Å². The molecule has 1 fully saturated rings. The molecule has 1 aromatic carbocycles. The molecule has 4 nitrogen and oxygen atoms in total. The summed E-state index contributed by atoms with van der Waals surface area (Å²) in [6, 6.07) is 13.4. The topological polar surface area (TPSA) is 49.4 Å². The summed E-state index contributed by atoms with van der Waals surface area (Å²) >= 11 is 3.09. The van der Waals surface area contributed by atoms with Crippen molar-refractivity contribution in [2.45, 2.75) is 58.0 Å². The van der Waals surface area contributed by atoms with Crippen molar-refractivity contribution >= 4 is 40.2 Å². The van der Waals surface area contributed by atoms with Crippen LogP contribution in [0.4, 0.5) is 5.69 Å². The number of amides is 2. The van der Waals surface area contributed by atoms with Gasteiger partial charge in [-0.15, -0.1) is 22.7 Å². The van der Waals surface area contributed by atoms with E-state index in [9.17, 15) is 9.59 Å². The predicted octanol–water partition coefficient (Wildman–Crippen LogP) is 5.80. The van der Waals surface area contributed by atoms with Crippen LogP contribution in [0.5, 0.6) is 0 Å². The highest BCUT2D eigenvalue weighted by Gasteiger charge is 2.35. The molecular weight excluding hydrogens is 424 g/mol. The molecule has 1 aliphatic carbocycles. The number of nitrogens with zero attached hydrogens (tertiary/aromatic N) is 1. The summed E-state index contributed by atoms with van der Waals surface area (Å²) in [6.07, 6.45) is 4.59. The van der Waals surface area contributed by atoms with Gasteiger partial charge in [-0.1, -0.05) is 37.1 Å². The van der Waals surface area contributed by atoms with Crippen molar-refractivity contribution in [2.24, 2.45) is 0 Å². The normalized spacial score (nSPS) is 15.0. The molecule has 2 amide bonds. The second kappa shape index (κ2) is 9.79. The molecule has 1 aliphatic rings. The maximum absolute atomic E-state index is 13.7. The van der Waals surface area contributed by atoms with Crippen molar-refractivity contribution in [1.29, 1.82) is 0 Å². The first-order chi connectivity index (χ1) is 15.0. The van der Waals surface area contributed by atoms with Crippen molar-refractivity contribution in [1.82, 2.24) is 5.32 Å². The van der Waals surface area contributed by atoms with Gasteiger partial charge in [-0.3, -0.25) is 14.5 Å². The number of benzene rings is 1. The summed E-state index contributed by atoms with van der Waals surface area (Å²) < 4.78 is 0. The van der Waals surface area contributed by atoms with Crippen LogP contribution in [0.3, 0.4) is 0 Å². The zero-order valence-corrected chi connectivity index (χ0v) is 19.6. The highest BCUT2D eigenvalue weighted by atomic mass is 32.1. The van der Waals surface area contributed by atoms with Gasteiger partial charge in [-0.2, -0.15) is 0 Å². The number of thiophene rings is 2. The third-order valence-corrected chi connectivity index (χ3v) is 7.62. The number of rotatable bonds is 7. The quantitative estimate of drug-likeness (QED) is 0.492. The molecule has 6 heteroatoms. The molecule has 4 rings (SSSR count). The lowest BCUT2D eigenvalue weighted by molar-refractivity contribution is -0.126. The van der Waals surface area contributed by atoms with Crippen LogP contribution in [0.15, 0.2) is 53.2 Å². The van der Waals surface area contributed by atoms with E-state index in [0.717, 1.165) is 52.3 Å². The maximum Gasteiger partial charge on any atom is 0.248 e. The molecule has 1 saturated carbocycles. The average Bonchev–Trinajstić information content (AvgIpc) is 3.51. The van der Waals surface area contributed by atoms with Gasteiger partial charge in [0.1, 0.15) is 6.04 Å². The number of carbonyl (C=O) groups excluding carboxylic acids is 2. The van der Waals surface area contributed by atoms with Gasteiger partial charge in [0, 0.05) is 21.5 Å². The van der Waals surface area contributed by atoms with E-state index in [0.29, 0.717) is 0 Å². The molecule has 162 valence electrons. The molecule has 0 bridgehead atoms. The summed E-state index contributed by atoms with van der Waals surface area (Å²) in [5, 5.41) is 7.19. The summed E-state index contributed by atoms with van der Waals surface area (Å²) in [6.45, 7) is 4.02. The minimum Gasteiger partial charge on any atom is -0.351 e.